The first-order chi connectivity index (χ1) is 8.95. The summed E-state index contributed by atoms with van der Waals surface area (Å²) in [5.74, 6) is 0.341. The van der Waals surface area contributed by atoms with E-state index in [0.29, 0.717) is 24.4 Å². The van der Waals surface area contributed by atoms with Gasteiger partial charge in [0.05, 0.1) is 0 Å². The Morgan fingerprint density at radius 3 is 2.26 bits per heavy atom. The van der Waals surface area contributed by atoms with Gasteiger partial charge in [0, 0.05) is 44.7 Å². The number of hydrogen-bond acceptors (Lipinski definition) is 3. The van der Waals surface area contributed by atoms with Gasteiger partial charge in [0.1, 0.15) is 0 Å². The molecule has 0 aliphatic carbocycles. The lowest BCUT2D eigenvalue weighted by molar-refractivity contribution is -0.135. The van der Waals surface area contributed by atoms with E-state index in [1.807, 2.05) is 0 Å². The lowest BCUT2D eigenvalue weighted by Crippen LogP contribution is -2.59. The molecule has 0 radical (unpaired) electrons. The van der Waals surface area contributed by atoms with E-state index in [2.05, 4.69) is 49.6 Å². The molecule has 2 unspecified atom stereocenters. The van der Waals surface area contributed by atoms with Crippen LogP contribution in [0.5, 0.6) is 0 Å². The Kier molecular flexibility index (Phi) is 6.80. The Morgan fingerprint density at radius 2 is 1.79 bits per heavy atom. The Labute approximate surface area is 118 Å². The van der Waals surface area contributed by atoms with Gasteiger partial charge < -0.3 is 9.80 Å². The second-order valence-corrected chi connectivity index (χ2v) is 6.14. The fourth-order valence-electron chi connectivity index (χ4n) is 2.80. The number of amides is 1. The molecule has 4 heteroatoms. The summed E-state index contributed by atoms with van der Waals surface area (Å²) in [6.07, 6.45) is 2.83. The van der Waals surface area contributed by atoms with Crippen molar-refractivity contribution in [3.63, 3.8) is 0 Å². The molecular formula is C15H31N3O. The third-order valence-electron chi connectivity index (χ3n) is 4.00. The largest absolute Gasteiger partial charge is 0.340 e. The molecule has 1 aliphatic heterocycles. The zero-order chi connectivity index (χ0) is 14.4. The molecular weight excluding hydrogens is 238 g/mol. The van der Waals surface area contributed by atoms with E-state index in [1.165, 1.54) is 0 Å². The maximum absolute atomic E-state index is 12.1. The van der Waals surface area contributed by atoms with Crippen LogP contribution < -0.4 is 0 Å². The van der Waals surface area contributed by atoms with E-state index in [-0.39, 0.29) is 0 Å². The second kappa shape index (κ2) is 7.85. The van der Waals surface area contributed by atoms with E-state index >= 15 is 0 Å². The highest BCUT2D eigenvalue weighted by molar-refractivity contribution is 5.76. The smallest absolute Gasteiger partial charge is 0.222 e. The third kappa shape index (κ3) is 5.11. The highest BCUT2D eigenvalue weighted by atomic mass is 16.2. The molecule has 0 aromatic carbocycles. The van der Waals surface area contributed by atoms with E-state index in [4.69, 9.17) is 0 Å². The molecule has 1 fully saturated rings. The van der Waals surface area contributed by atoms with Crippen LogP contribution in [0, 0.1) is 0 Å². The average molecular weight is 269 g/mol. The van der Waals surface area contributed by atoms with Crippen LogP contribution in [-0.2, 0) is 4.79 Å². The zero-order valence-corrected chi connectivity index (χ0v) is 13.4. The first kappa shape index (κ1) is 16.4. The van der Waals surface area contributed by atoms with Crippen molar-refractivity contribution in [3.8, 4) is 0 Å². The number of piperazine rings is 1. The van der Waals surface area contributed by atoms with Gasteiger partial charge in [0.15, 0.2) is 0 Å². The molecule has 19 heavy (non-hydrogen) atoms. The van der Waals surface area contributed by atoms with Crippen LogP contribution in [0.1, 0.15) is 40.0 Å². The van der Waals surface area contributed by atoms with Crippen LogP contribution in [0.25, 0.3) is 0 Å². The number of carbonyl (C=O) groups is 1. The predicted octanol–water partition coefficient (Wildman–Crippen LogP) is 1.66. The highest BCUT2D eigenvalue weighted by Crippen LogP contribution is 2.16. The van der Waals surface area contributed by atoms with Crippen LogP contribution in [0.2, 0.25) is 0 Å². The molecule has 1 rings (SSSR count). The SMILES string of the molecule is CCCCC(=O)N1CC(C)N(CCN(C)C)C(C)C1. The van der Waals surface area contributed by atoms with Crippen LogP contribution in [0.3, 0.4) is 0 Å². The first-order valence-electron chi connectivity index (χ1n) is 7.64. The van der Waals surface area contributed by atoms with Crippen molar-refractivity contribution >= 4 is 5.91 Å². The number of nitrogens with zero attached hydrogens (tertiary/aromatic N) is 3. The number of carbonyl (C=O) groups excluding carboxylic acids is 1. The van der Waals surface area contributed by atoms with Crippen LogP contribution in [0.15, 0.2) is 0 Å². The summed E-state index contributed by atoms with van der Waals surface area (Å²) in [5.41, 5.74) is 0. The molecule has 0 spiro atoms. The molecule has 112 valence electrons. The van der Waals surface area contributed by atoms with Crippen LogP contribution in [0.4, 0.5) is 0 Å². The van der Waals surface area contributed by atoms with Gasteiger partial charge in [-0.3, -0.25) is 9.69 Å². The number of unbranched alkanes of at least 4 members (excludes halogenated alkanes) is 1. The first-order valence-corrected chi connectivity index (χ1v) is 7.64. The van der Waals surface area contributed by atoms with Crippen molar-refractivity contribution in [1.29, 1.82) is 0 Å². The Balaban J connectivity index is 2.48. The summed E-state index contributed by atoms with van der Waals surface area (Å²) in [5, 5.41) is 0. The monoisotopic (exact) mass is 269 g/mol. The quantitative estimate of drug-likeness (QED) is 0.734. The molecule has 2 atom stereocenters. The molecule has 1 saturated heterocycles. The summed E-state index contributed by atoms with van der Waals surface area (Å²) in [4.78, 5) is 18.9. The van der Waals surface area contributed by atoms with Crippen molar-refractivity contribution in [1.82, 2.24) is 14.7 Å². The molecule has 0 N–H and O–H groups in total. The van der Waals surface area contributed by atoms with Crippen molar-refractivity contribution < 1.29 is 4.79 Å². The molecule has 1 aliphatic rings. The second-order valence-electron chi connectivity index (χ2n) is 6.14. The Bertz CT molecular complexity index is 269. The van der Waals surface area contributed by atoms with Gasteiger partial charge >= 0.3 is 0 Å². The van der Waals surface area contributed by atoms with Crippen LogP contribution >= 0.6 is 0 Å². The zero-order valence-electron chi connectivity index (χ0n) is 13.4. The minimum Gasteiger partial charge on any atom is -0.340 e. The maximum atomic E-state index is 12.1. The number of hydrogen-bond donors (Lipinski definition) is 0. The minimum atomic E-state index is 0.341. The van der Waals surface area contributed by atoms with Gasteiger partial charge in [-0.15, -0.1) is 0 Å². The summed E-state index contributed by atoms with van der Waals surface area (Å²) in [6, 6.07) is 0.934. The summed E-state index contributed by atoms with van der Waals surface area (Å²) in [7, 11) is 4.22. The lowest BCUT2D eigenvalue weighted by Gasteiger charge is -2.45. The molecule has 1 heterocycles. The predicted molar refractivity (Wildman–Crippen MR) is 80.3 cm³/mol. The van der Waals surface area contributed by atoms with Gasteiger partial charge in [-0.05, 0) is 34.4 Å². The summed E-state index contributed by atoms with van der Waals surface area (Å²) in [6.45, 7) is 10.6. The van der Waals surface area contributed by atoms with Gasteiger partial charge in [0.25, 0.3) is 0 Å². The summed E-state index contributed by atoms with van der Waals surface area (Å²) < 4.78 is 0. The van der Waals surface area contributed by atoms with E-state index in [0.717, 1.165) is 39.0 Å². The number of likely N-dealkylation sites (N-methyl/N-ethyl adjacent to an activating group) is 1. The minimum absolute atomic E-state index is 0.341. The van der Waals surface area contributed by atoms with Gasteiger partial charge in [-0.2, -0.15) is 0 Å². The average Bonchev–Trinajstić information content (AvgIpc) is 2.34. The molecule has 0 bridgehead atoms. The maximum Gasteiger partial charge on any atom is 0.222 e. The normalized spacial score (nSPS) is 25.1. The van der Waals surface area contributed by atoms with Gasteiger partial charge in [-0.1, -0.05) is 13.3 Å². The highest BCUT2D eigenvalue weighted by Gasteiger charge is 2.30. The molecule has 0 saturated carbocycles. The van der Waals surface area contributed by atoms with Crippen molar-refractivity contribution in [2.45, 2.75) is 52.1 Å². The van der Waals surface area contributed by atoms with E-state index in [9.17, 15) is 4.79 Å². The topological polar surface area (TPSA) is 26.8 Å². The fourth-order valence-corrected chi connectivity index (χ4v) is 2.80. The van der Waals surface area contributed by atoms with E-state index in [1.54, 1.807) is 0 Å². The number of rotatable bonds is 6. The van der Waals surface area contributed by atoms with Gasteiger partial charge in [0.2, 0.25) is 5.91 Å². The van der Waals surface area contributed by atoms with Crippen molar-refractivity contribution in [2.24, 2.45) is 0 Å². The van der Waals surface area contributed by atoms with E-state index < -0.39 is 0 Å². The lowest BCUT2D eigenvalue weighted by atomic mass is 10.1. The fraction of sp³-hybridized carbons (Fsp3) is 0.933. The van der Waals surface area contributed by atoms with Crippen molar-refractivity contribution in [3.05, 3.63) is 0 Å². The third-order valence-corrected chi connectivity index (χ3v) is 4.00. The van der Waals surface area contributed by atoms with Gasteiger partial charge in [-0.25, -0.2) is 0 Å². The standard InChI is InChI=1S/C15H31N3O/c1-6-7-8-15(19)17-11-13(2)18(14(3)12-17)10-9-16(4)5/h13-14H,6-12H2,1-5H3. The van der Waals surface area contributed by atoms with Crippen LogP contribution in [-0.4, -0.2) is 73.0 Å². The molecule has 1 amide bonds. The summed E-state index contributed by atoms with van der Waals surface area (Å²) >= 11 is 0. The van der Waals surface area contributed by atoms with Crippen molar-refractivity contribution in [2.75, 3.05) is 40.3 Å². The molecule has 0 aromatic rings. The molecule has 0 aromatic heterocycles. The Morgan fingerprint density at radius 1 is 1.21 bits per heavy atom. The molecule has 4 nitrogen and oxygen atoms in total. The Hall–Kier alpha value is -0.610.